The van der Waals surface area contributed by atoms with Crippen LogP contribution in [-0.4, -0.2) is 48.4 Å². The first-order valence-electron chi connectivity index (χ1n) is 9.49. The highest BCUT2D eigenvalue weighted by Crippen LogP contribution is 2.28. The first-order valence-corrected chi connectivity index (χ1v) is 10.3. The van der Waals surface area contributed by atoms with Crippen LogP contribution >= 0.6 is 11.3 Å². The van der Waals surface area contributed by atoms with Crippen molar-refractivity contribution in [3.8, 4) is 0 Å². The van der Waals surface area contributed by atoms with Crippen molar-refractivity contribution in [3.05, 3.63) is 21.4 Å². The number of aryl methyl sites for hydroxylation is 2. The molecule has 150 valence electrons. The fourth-order valence-corrected chi connectivity index (χ4v) is 4.16. The van der Waals surface area contributed by atoms with Crippen LogP contribution in [0.25, 0.3) is 0 Å². The summed E-state index contributed by atoms with van der Waals surface area (Å²) in [6.07, 6.45) is 6.79. The molecule has 1 heterocycles. The van der Waals surface area contributed by atoms with E-state index >= 15 is 0 Å². The van der Waals surface area contributed by atoms with Gasteiger partial charge < -0.3 is 15.0 Å². The molecule has 0 radical (unpaired) electrons. The normalized spacial score (nSPS) is 14.5. The second-order valence-electron chi connectivity index (χ2n) is 8.10. The number of carbonyl (C=O) groups is 3. The summed E-state index contributed by atoms with van der Waals surface area (Å²) >= 11 is 1.48. The van der Waals surface area contributed by atoms with Crippen LogP contribution in [0.15, 0.2) is 6.07 Å². The van der Waals surface area contributed by atoms with Crippen LogP contribution in [0.2, 0.25) is 0 Å². The second-order valence-corrected chi connectivity index (χ2v) is 9.23. The smallest absolute Gasteiger partial charge is 0.348 e. The Kier molecular flexibility index (Phi) is 7.41. The van der Waals surface area contributed by atoms with Crippen molar-refractivity contribution in [3.63, 3.8) is 0 Å². The van der Waals surface area contributed by atoms with E-state index in [-0.39, 0.29) is 24.6 Å². The monoisotopic (exact) mass is 394 g/mol. The van der Waals surface area contributed by atoms with Crippen molar-refractivity contribution in [1.82, 2.24) is 10.2 Å². The summed E-state index contributed by atoms with van der Waals surface area (Å²) in [5.41, 5.74) is 0.887. The van der Waals surface area contributed by atoms with Crippen molar-refractivity contribution in [2.45, 2.75) is 64.8 Å². The van der Waals surface area contributed by atoms with Gasteiger partial charge in [0.15, 0.2) is 6.61 Å². The van der Waals surface area contributed by atoms with E-state index < -0.39 is 11.9 Å². The van der Waals surface area contributed by atoms with E-state index in [2.05, 4.69) is 5.32 Å². The Morgan fingerprint density at radius 2 is 1.81 bits per heavy atom. The average molecular weight is 395 g/mol. The third kappa shape index (κ3) is 6.97. The first-order chi connectivity index (χ1) is 12.7. The number of hydrogen-bond donors (Lipinski definition) is 1. The number of ether oxygens (including phenoxy) is 1. The zero-order valence-electron chi connectivity index (χ0n) is 16.7. The number of nitrogens with zero attached hydrogens (tertiary/aromatic N) is 1. The number of esters is 1. The van der Waals surface area contributed by atoms with Gasteiger partial charge in [0.05, 0.1) is 6.54 Å². The van der Waals surface area contributed by atoms with Gasteiger partial charge in [-0.15, -0.1) is 11.3 Å². The molecule has 0 bridgehead atoms. The van der Waals surface area contributed by atoms with Crippen LogP contribution in [0.1, 0.15) is 66.6 Å². The fourth-order valence-electron chi connectivity index (χ4n) is 3.01. The lowest BCUT2D eigenvalue weighted by Gasteiger charge is -2.23. The molecular formula is C20H30N2O4S. The summed E-state index contributed by atoms with van der Waals surface area (Å²) in [6.45, 7) is 5.19. The van der Waals surface area contributed by atoms with Crippen LogP contribution < -0.4 is 5.32 Å². The molecule has 1 aliphatic rings. The summed E-state index contributed by atoms with van der Waals surface area (Å²) < 4.78 is 5.18. The number of amides is 2. The van der Waals surface area contributed by atoms with Crippen molar-refractivity contribution < 1.29 is 19.1 Å². The minimum atomic E-state index is -0.465. The molecule has 0 aliphatic heterocycles. The number of likely N-dealkylation sites (N-methyl/N-ethyl adjacent to an activating group) is 1. The van der Waals surface area contributed by atoms with Crippen molar-refractivity contribution in [2.24, 2.45) is 0 Å². The van der Waals surface area contributed by atoms with E-state index in [1.165, 1.54) is 46.6 Å². The largest absolute Gasteiger partial charge is 0.451 e. The van der Waals surface area contributed by atoms with E-state index in [0.29, 0.717) is 4.88 Å². The number of carbonyl (C=O) groups excluding carboxylic acids is 3. The predicted octanol–water partition coefficient (Wildman–Crippen LogP) is 2.94. The van der Waals surface area contributed by atoms with Gasteiger partial charge in [0.1, 0.15) is 4.88 Å². The minimum Gasteiger partial charge on any atom is -0.451 e. The number of rotatable bonds is 5. The Labute approximate surface area is 165 Å². The molecule has 7 heteroatoms. The molecule has 0 fully saturated rings. The third-order valence-electron chi connectivity index (χ3n) is 4.35. The summed E-state index contributed by atoms with van der Waals surface area (Å²) in [6, 6.07) is 1.92. The van der Waals surface area contributed by atoms with Crippen LogP contribution in [0.3, 0.4) is 0 Å². The molecule has 0 aromatic carbocycles. The Morgan fingerprint density at radius 3 is 2.48 bits per heavy atom. The third-order valence-corrected chi connectivity index (χ3v) is 5.56. The van der Waals surface area contributed by atoms with Gasteiger partial charge in [0.2, 0.25) is 5.91 Å². The van der Waals surface area contributed by atoms with Crippen molar-refractivity contribution in [1.29, 1.82) is 0 Å². The lowest BCUT2D eigenvalue weighted by molar-refractivity contribution is -0.137. The van der Waals surface area contributed by atoms with E-state index in [4.69, 9.17) is 4.74 Å². The molecule has 1 N–H and O–H groups in total. The number of thiophene rings is 1. The summed E-state index contributed by atoms with van der Waals surface area (Å²) in [5.74, 6) is -1.11. The molecule has 27 heavy (non-hydrogen) atoms. The maximum atomic E-state index is 12.3. The molecule has 6 nitrogen and oxygen atoms in total. The fraction of sp³-hybridized carbons (Fsp3) is 0.650. The zero-order valence-corrected chi connectivity index (χ0v) is 17.5. The molecule has 0 unspecified atom stereocenters. The standard InChI is InChI=1S/C20H30N2O4S/c1-20(2,3)21-17(23)12-22(4)18(24)13-26-19(25)16-11-14-9-7-5-6-8-10-15(14)27-16/h11H,5-10,12-13H2,1-4H3,(H,21,23). The highest BCUT2D eigenvalue weighted by molar-refractivity contribution is 7.14. The zero-order chi connectivity index (χ0) is 20.0. The minimum absolute atomic E-state index is 0.0685. The Balaban J connectivity index is 1.85. The van der Waals surface area contributed by atoms with E-state index in [1.807, 2.05) is 26.8 Å². The van der Waals surface area contributed by atoms with Gasteiger partial charge in [-0.25, -0.2) is 4.79 Å². The quantitative estimate of drug-likeness (QED) is 0.779. The molecule has 0 spiro atoms. The molecule has 2 rings (SSSR count). The highest BCUT2D eigenvalue weighted by atomic mass is 32.1. The van der Waals surface area contributed by atoms with Crippen LogP contribution in [-0.2, 0) is 27.2 Å². The SMILES string of the molecule is CN(CC(=O)NC(C)(C)C)C(=O)COC(=O)c1cc2c(s1)CCCCCC2. The van der Waals surface area contributed by atoms with Gasteiger partial charge in [-0.3, -0.25) is 9.59 Å². The summed E-state index contributed by atoms with van der Waals surface area (Å²) in [7, 11) is 1.52. The molecule has 1 aromatic rings. The topological polar surface area (TPSA) is 75.7 Å². The van der Waals surface area contributed by atoms with E-state index in [0.717, 1.165) is 25.7 Å². The molecular weight excluding hydrogens is 364 g/mol. The molecule has 0 saturated carbocycles. The Hall–Kier alpha value is -1.89. The molecule has 0 atom stereocenters. The number of hydrogen-bond acceptors (Lipinski definition) is 5. The van der Waals surface area contributed by atoms with Crippen LogP contribution in [0.5, 0.6) is 0 Å². The van der Waals surface area contributed by atoms with Gasteiger partial charge in [0, 0.05) is 17.5 Å². The van der Waals surface area contributed by atoms with E-state index in [9.17, 15) is 14.4 Å². The molecule has 0 saturated heterocycles. The van der Waals surface area contributed by atoms with Crippen LogP contribution in [0.4, 0.5) is 0 Å². The number of fused-ring (bicyclic) bond motifs is 1. The van der Waals surface area contributed by atoms with Crippen LogP contribution in [0, 0.1) is 0 Å². The maximum absolute atomic E-state index is 12.3. The maximum Gasteiger partial charge on any atom is 0.348 e. The van der Waals surface area contributed by atoms with Gasteiger partial charge in [-0.2, -0.15) is 0 Å². The summed E-state index contributed by atoms with van der Waals surface area (Å²) in [5, 5.41) is 2.79. The van der Waals surface area contributed by atoms with Gasteiger partial charge in [-0.1, -0.05) is 12.8 Å². The average Bonchev–Trinajstić information content (AvgIpc) is 2.92. The Morgan fingerprint density at radius 1 is 1.15 bits per heavy atom. The molecule has 2 amide bonds. The van der Waals surface area contributed by atoms with Crippen molar-refractivity contribution in [2.75, 3.05) is 20.2 Å². The number of nitrogens with one attached hydrogen (secondary N) is 1. The molecule has 1 aliphatic carbocycles. The second kappa shape index (κ2) is 9.35. The van der Waals surface area contributed by atoms with Gasteiger partial charge >= 0.3 is 5.97 Å². The van der Waals surface area contributed by atoms with Gasteiger partial charge in [0.25, 0.3) is 5.91 Å². The Bertz CT molecular complexity index is 665. The lowest BCUT2D eigenvalue weighted by Crippen LogP contribution is -2.46. The highest BCUT2D eigenvalue weighted by Gasteiger charge is 2.21. The summed E-state index contributed by atoms with van der Waals surface area (Å²) in [4.78, 5) is 39.4. The first kappa shape index (κ1) is 21.4. The molecule has 1 aromatic heterocycles. The lowest BCUT2D eigenvalue weighted by atomic mass is 10.00. The predicted molar refractivity (Wildman–Crippen MR) is 106 cm³/mol. The van der Waals surface area contributed by atoms with E-state index in [1.54, 1.807) is 0 Å². The van der Waals surface area contributed by atoms with Gasteiger partial charge in [-0.05, 0) is 58.1 Å². The van der Waals surface area contributed by atoms with Crippen molar-refractivity contribution >= 4 is 29.1 Å².